The summed E-state index contributed by atoms with van der Waals surface area (Å²) in [6.45, 7) is 2.69. The largest absolute Gasteiger partial charge is 0.416 e. The molecule has 1 saturated heterocycles. The fraction of sp³-hybridized carbons (Fsp3) is 0.409. The molecule has 0 unspecified atom stereocenters. The minimum absolute atomic E-state index is 0.0140. The fourth-order valence-electron chi connectivity index (χ4n) is 3.39. The third-order valence-electron chi connectivity index (χ3n) is 5.23. The van der Waals surface area contributed by atoms with E-state index in [0.717, 1.165) is 17.7 Å². The number of rotatable bonds is 7. The van der Waals surface area contributed by atoms with Crippen molar-refractivity contribution in [2.24, 2.45) is 0 Å². The Bertz CT molecular complexity index is 1040. The quantitative estimate of drug-likeness (QED) is 0.582. The van der Waals surface area contributed by atoms with Crippen molar-refractivity contribution in [1.29, 1.82) is 0 Å². The highest BCUT2D eigenvalue weighted by molar-refractivity contribution is 7.89. The molecule has 1 fully saturated rings. The van der Waals surface area contributed by atoms with Gasteiger partial charge in [-0.25, -0.2) is 8.42 Å². The molecular weight excluding hydrogens is 445 g/mol. The molecule has 0 spiro atoms. The average molecular weight is 471 g/mol. The predicted molar refractivity (Wildman–Crippen MR) is 112 cm³/mol. The summed E-state index contributed by atoms with van der Waals surface area (Å²) in [6.07, 6.45) is -4.36. The highest BCUT2D eigenvalue weighted by Crippen LogP contribution is 2.29. The first-order valence-electron chi connectivity index (χ1n) is 10.2. The van der Waals surface area contributed by atoms with Gasteiger partial charge in [-0.3, -0.25) is 4.79 Å². The summed E-state index contributed by atoms with van der Waals surface area (Å²) in [5, 5.41) is 0. The van der Waals surface area contributed by atoms with Crippen molar-refractivity contribution in [3.05, 3.63) is 65.2 Å². The van der Waals surface area contributed by atoms with Crippen LogP contribution in [0.1, 0.15) is 23.1 Å². The SMILES string of the molecule is Cc1ccc(S(=O)(=O)N2CCC(=O)N(CCOCc3cccc(C(F)(F)F)c3)CC2)cc1. The summed E-state index contributed by atoms with van der Waals surface area (Å²) >= 11 is 0. The highest BCUT2D eigenvalue weighted by Gasteiger charge is 2.31. The molecule has 1 amide bonds. The zero-order chi connectivity index (χ0) is 23.4. The van der Waals surface area contributed by atoms with Crippen LogP contribution in [0, 0.1) is 6.92 Å². The lowest BCUT2D eigenvalue weighted by Crippen LogP contribution is -2.37. The molecule has 1 heterocycles. The van der Waals surface area contributed by atoms with E-state index < -0.39 is 21.8 Å². The molecule has 1 aliphatic rings. The van der Waals surface area contributed by atoms with E-state index in [4.69, 9.17) is 4.74 Å². The Labute approximate surface area is 185 Å². The first-order valence-corrected chi connectivity index (χ1v) is 11.6. The van der Waals surface area contributed by atoms with E-state index in [-0.39, 0.29) is 56.6 Å². The van der Waals surface area contributed by atoms with Gasteiger partial charge < -0.3 is 9.64 Å². The van der Waals surface area contributed by atoms with Gasteiger partial charge in [-0.2, -0.15) is 17.5 Å². The molecule has 0 aliphatic carbocycles. The Hall–Kier alpha value is -2.43. The van der Waals surface area contributed by atoms with E-state index in [1.807, 2.05) is 6.92 Å². The summed E-state index contributed by atoms with van der Waals surface area (Å²) in [5.74, 6) is -0.186. The topological polar surface area (TPSA) is 66.9 Å². The van der Waals surface area contributed by atoms with Gasteiger partial charge in [-0.05, 0) is 36.8 Å². The van der Waals surface area contributed by atoms with Crippen LogP contribution in [0.4, 0.5) is 13.2 Å². The van der Waals surface area contributed by atoms with Crippen molar-refractivity contribution in [1.82, 2.24) is 9.21 Å². The number of carbonyl (C=O) groups is 1. The van der Waals surface area contributed by atoms with Crippen LogP contribution in [0.5, 0.6) is 0 Å². The Kier molecular flexibility index (Phi) is 7.58. The number of carbonyl (C=O) groups excluding carboxylic acids is 1. The Balaban J connectivity index is 1.52. The first kappa shape index (κ1) is 24.2. The van der Waals surface area contributed by atoms with Crippen LogP contribution < -0.4 is 0 Å². The second kappa shape index (κ2) is 10.0. The lowest BCUT2D eigenvalue weighted by molar-refractivity contribution is -0.137. The molecule has 0 saturated carbocycles. The summed E-state index contributed by atoms with van der Waals surface area (Å²) in [6, 6.07) is 11.4. The lowest BCUT2D eigenvalue weighted by Gasteiger charge is -2.22. The number of hydrogen-bond acceptors (Lipinski definition) is 4. The number of benzene rings is 2. The van der Waals surface area contributed by atoms with E-state index in [1.54, 1.807) is 30.3 Å². The summed E-state index contributed by atoms with van der Waals surface area (Å²) in [5.41, 5.74) is 0.597. The number of hydrogen-bond donors (Lipinski definition) is 0. The molecule has 0 bridgehead atoms. The van der Waals surface area contributed by atoms with Gasteiger partial charge in [0.1, 0.15) is 0 Å². The third-order valence-corrected chi connectivity index (χ3v) is 7.15. The van der Waals surface area contributed by atoms with Crippen LogP contribution in [0.2, 0.25) is 0 Å². The molecule has 0 aromatic heterocycles. The minimum Gasteiger partial charge on any atom is -0.375 e. The van der Waals surface area contributed by atoms with Gasteiger partial charge >= 0.3 is 6.18 Å². The molecule has 0 atom stereocenters. The number of alkyl halides is 3. The Morgan fingerprint density at radius 3 is 2.44 bits per heavy atom. The van der Waals surface area contributed by atoms with E-state index in [1.165, 1.54) is 15.3 Å². The molecule has 6 nitrogen and oxygen atoms in total. The Morgan fingerprint density at radius 1 is 1.03 bits per heavy atom. The molecule has 2 aromatic carbocycles. The molecule has 10 heteroatoms. The summed E-state index contributed by atoms with van der Waals surface area (Å²) < 4.78 is 70.9. The number of nitrogens with zero attached hydrogens (tertiary/aromatic N) is 2. The molecule has 174 valence electrons. The van der Waals surface area contributed by atoms with Crippen LogP contribution in [0.25, 0.3) is 0 Å². The van der Waals surface area contributed by atoms with E-state index in [2.05, 4.69) is 0 Å². The standard InChI is InChI=1S/C22H25F3N2O4S/c1-17-5-7-20(8-6-17)32(29,30)27-10-9-21(28)26(11-12-27)13-14-31-16-18-3-2-4-19(15-18)22(23,24)25/h2-8,15H,9-14,16H2,1H3. The molecule has 1 aliphatic heterocycles. The van der Waals surface area contributed by atoms with Crippen molar-refractivity contribution < 1.29 is 31.1 Å². The second-order valence-corrected chi connectivity index (χ2v) is 9.54. The molecule has 0 radical (unpaired) electrons. The lowest BCUT2D eigenvalue weighted by atomic mass is 10.1. The number of sulfonamides is 1. The highest BCUT2D eigenvalue weighted by atomic mass is 32.2. The van der Waals surface area contributed by atoms with Gasteiger partial charge in [0.2, 0.25) is 15.9 Å². The zero-order valence-electron chi connectivity index (χ0n) is 17.6. The van der Waals surface area contributed by atoms with Crippen LogP contribution >= 0.6 is 0 Å². The maximum absolute atomic E-state index is 12.9. The molecular formula is C22H25F3N2O4S. The maximum Gasteiger partial charge on any atom is 0.416 e. The van der Waals surface area contributed by atoms with Gasteiger partial charge in [0.15, 0.2) is 0 Å². The first-order chi connectivity index (χ1) is 15.1. The predicted octanol–water partition coefficient (Wildman–Crippen LogP) is 3.45. The molecule has 3 rings (SSSR count). The number of aryl methyl sites for hydroxylation is 1. The Morgan fingerprint density at radius 2 is 1.75 bits per heavy atom. The van der Waals surface area contributed by atoms with Gasteiger partial charge in [-0.1, -0.05) is 29.8 Å². The van der Waals surface area contributed by atoms with E-state index in [9.17, 15) is 26.4 Å². The third kappa shape index (κ3) is 6.08. The zero-order valence-corrected chi connectivity index (χ0v) is 18.5. The van der Waals surface area contributed by atoms with Crippen LogP contribution in [-0.2, 0) is 32.3 Å². The molecule has 2 aromatic rings. The van der Waals surface area contributed by atoms with Crippen LogP contribution in [-0.4, -0.2) is 56.3 Å². The second-order valence-electron chi connectivity index (χ2n) is 7.60. The molecule has 0 N–H and O–H groups in total. The minimum atomic E-state index is -4.42. The average Bonchev–Trinajstić information content (AvgIpc) is 2.93. The van der Waals surface area contributed by atoms with E-state index in [0.29, 0.717) is 5.56 Å². The summed E-state index contributed by atoms with van der Waals surface area (Å²) in [7, 11) is -3.70. The van der Waals surface area contributed by atoms with Crippen molar-refractivity contribution in [3.8, 4) is 0 Å². The smallest absolute Gasteiger partial charge is 0.375 e. The van der Waals surface area contributed by atoms with Crippen molar-refractivity contribution in [2.75, 3.05) is 32.8 Å². The van der Waals surface area contributed by atoms with Gasteiger partial charge in [0.05, 0.1) is 23.7 Å². The van der Waals surface area contributed by atoms with E-state index >= 15 is 0 Å². The maximum atomic E-state index is 12.9. The molecule has 32 heavy (non-hydrogen) atoms. The number of amides is 1. The monoisotopic (exact) mass is 470 g/mol. The fourth-order valence-corrected chi connectivity index (χ4v) is 4.82. The van der Waals surface area contributed by atoms with Gasteiger partial charge in [0, 0.05) is 32.6 Å². The van der Waals surface area contributed by atoms with Gasteiger partial charge in [-0.15, -0.1) is 0 Å². The van der Waals surface area contributed by atoms with Crippen LogP contribution in [0.15, 0.2) is 53.4 Å². The van der Waals surface area contributed by atoms with Crippen molar-refractivity contribution >= 4 is 15.9 Å². The number of halogens is 3. The van der Waals surface area contributed by atoms with Crippen LogP contribution in [0.3, 0.4) is 0 Å². The normalized spacial score (nSPS) is 16.2. The summed E-state index contributed by atoms with van der Waals surface area (Å²) in [4.78, 5) is 14.1. The van der Waals surface area contributed by atoms with Crippen molar-refractivity contribution in [3.63, 3.8) is 0 Å². The number of ether oxygens (including phenoxy) is 1. The van der Waals surface area contributed by atoms with Crippen molar-refractivity contribution in [2.45, 2.75) is 31.0 Å². The van der Waals surface area contributed by atoms with Gasteiger partial charge in [0.25, 0.3) is 0 Å².